The van der Waals surface area contributed by atoms with Crippen LogP contribution in [0.1, 0.15) is 12.5 Å². The SMILES string of the molecule is CCN(C)CCNS(=O)(=O)c1cc(N)cc(C)c1F. The number of aryl methyl sites for hydroxylation is 1. The van der Waals surface area contributed by atoms with E-state index in [1.54, 1.807) is 0 Å². The van der Waals surface area contributed by atoms with E-state index in [1.165, 1.54) is 13.0 Å². The first-order valence-electron chi connectivity index (χ1n) is 6.01. The molecule has 0 atom stereocenters. The molecule has 0 fully saturated rings. The highest BCUT2D eigenvalue weighted by atomic mass is 32.2. The Bertz CT molecular complexity index is 546. The summed E-state index contributed by atoms with van der Waals surface area (Å²) in [6.07, 6.45) is 0. The number of anilines is 1. The zero-order valence-electron chi connectivity index (χ0n) is 11.4. The largest absolute Gasteiger partial charge is 0.399 e. The molecule has 0 aromatic heterocycles. The summed E-state index contributed by atoms with van der Waals surface area (Å²) in [4.78, 5) is 1.55. The second kappa shape index (κ2) is 6.31. The van der Waals surface area contributed by atoms with E-state index in [2.05, 4.69) is 4.72 Å². The molecular weight excluding hydrogens is 269 g/mol. The minimum atomic E-state index is -3.87. The minimum absolute atomic E-state index is 0.214. The molecule has 0 radical (unpaired) electrons. The molecule has 0 aliphatic rings. The predicted molar refractivity (Wildman–Crippen MR) is 73.9 cm³/mol. The van der Waals surface area contributed by atoms with Crippen molar-refractivity contribution in [1.29, 1.82) is 0 Å². The van der Waals surface area contributed by atoms with Gasteiger partial charge in [0.25, 0.3) is 0 Å². The monoisotopic (exact) mass is 289 g/mol. The van der Waals surface area contributed by atoms with Gasteiger partial charge in [0.1, 0.15) is 10.7 Å². The topological polar surface area (TPSA) is 75.4 Å². The summed E-state index contributed by atoms with van der Waals surface area (Å²) in [5.74, 6) is -0.759. The fraction of sp³-hybridized carbons (Fsp3) is 0.500. The first-order valence-corrected chi connectivity index (χ1v) is 7.50. The summed E-state index contributed by atoms with van der Waals surface area (Å²) in [5.41, 5.74) is 6.00. The van der Waals surface area contributed by atoms with Crippen molar-refractivity contribution in [2.45, 2.75) is 18.7 Å². The minimum Gasteiger partial charge on any atom is -0.399 e. The Hall–Kier alpha value is -1.18. The summed E-state index contributed by atoms with van der Waals surface area (Å²) < 4.78 is 40.2. The van der Waals surface area contributed by atoms with Crippen LogP contribution in [0.4, 0.5) is 10.1 Å². The Kier molecular flexibility index (Phi) is 5.28. The lowest BCUT2D eigenvalue weighted by molar-refractivity contribution is 0.357. The molecule has 0 saturated heterocycles. The number of nitrogens with two attached hydrogens (primary N) is 1. The molecule has 0 amide bonds. The summed E-state index contributed by atoms with van der Waals surface area (Å²) in [6, 6.07) is 2.54. The molecule has 0 heterocycles. The number of nitrogens with zero attached hydrogens (tertiary/aromatic N) is 1. The lowest BCUT2D eigenvalue weighted by Gasteiger charge is -2.15. The third-order valence-corrected chi connectivity index (χ3v) is 4.32. The van der Waals surface area contributed by atoms with E-state index >= 15 is 0 Å². The summed E-state index contributed by atoms with van der Waals surface area (Å²) in [6.45, 7) is 5.04. The number of halogens is 1. The third kappa shape index (κ3) is 4.15. The summed E-state index contributed by atoms with van der Waals surface area (Å²) in [7, 11) is -2.00. The van der Waals surface area contributed by atoms with E-state index in [0.29, 0.717) is 6.54 Å². The highest BCUT2D eigenvalue weighted by Crippen LogP contribution is 2.21. The van der Waals surface area contributed by atoms with Gasteiger partial charge in [-0.2, -0.15) is 0 Å². The molecule has 0 spiro atoms. The number of benzene rings is 1. The lowest BCUT2D eigenvalue weighted by atomic mass is 10.2. The normalized spacial score (nSPS) is 12.1. The third-order valence-electron chi connectivity index (χ3n) is 2.86. The Morgan fingerprint density at radius 2 is 2.05 bits per heavy atom. The standard InChI is InChI=1S/C12H20FN3O2S/c1-4-16(3)6-5-15-19(17,18)11-8-10(14)7-9(2)12(11)13/h7-8,15H,4-6,14H2,1-3H3. The van der Waals surface area contributed by atoms with E-state index in [-0.39, 0.29) is 17.8 Å². The zero-order valence-corrected chi connectivity index (χ0v) is 12.2. The molecule has 0 aliphatic carbocycles. The van der Waals surface area contributed by atoms with Crippen LogP contribution in [0.15, 0.2) is 17.0 Å². The Morgan fingerprint density at radius 3 is 2.63 bits per heavy atom. The van der Waals surface area contributed by atoms with Gasteiger partial charge in [0.15, 0.2) is 0 Å². The number of nitrogen functional groups attached to an aromatic ring is 1. The number of hydrogen-bond acceptors (Lipinski definition) is 4. The molecule has 1 aromatic rings. The maximum atomic E-state index is 13.8. The maximum Gasteiger partial charge on any atom is 0.243 e. The van der Waals surface area contributed by atoms with E-state index in [0.717, 1.165) is 12.6 Å². The fourth-order valence-electron chi connectivity index (χ4n) is 1.57. The number of hydrogen-bond donors (Lipinski definition) is 2. The van der Waals surface area contributed by atoms with Crippen LogP contribution in [0, 0.1) is 12.7 Å². The van der Waals surface area contributed by atoms with Crippen molar-refractivity contribution in [2.75, 3.05) is 32.4 Å². The molecule has 0 bridgehead atoms. The Labute approximate surface area is 113 Å². The van der Waals surface area contributed by atoms with Crippen molar-refractivity contribution in [2.24, 2.45) is 0 Å². The molecule has 5 nitrogen and oxygen atoms in total. The van der Waals surface area contributed by atoms with Gasteiger partial charge in [-0.3, -0.25) is 0 Å². The fourth-order valence-corrected chi connectivity index (χ4v) is 2.77. The van der Waals surface area contributed by atoms with Crippen LogP contribution < -0.4 is 10.5 Å². The number of rotatable bonds is 6. The van der Waals surface area contributed by atoms with Crippen molar-refractivity contribution < 1.29 is 12.8 Å². The van der Waals surface area contributed by atoms with Crippen LogP contribution in [0.3, 0.4) is 0 Å². The van der Waals surface area contributed by atoms with Gasteiger partial charge in [-0.1, -0.05) is 6.92 Å². The van der Waals surface area contributed by atoms with E-state index < -0.39 is 20.7 Å². The van der Waals surface area contributed by atoms with E-state index in [4.69, 9.17) is 5.73 Å². The molecule has 108 valence electrons. The highest BCUT2D eigenvalue weighted by Gasteiger charge is 2.20. The molecule has 0 aliphatic heterocycles. The molecule has 0 saturated carbocycles. The van der Waals surface area contributed by atoms with Gasteiger partial charge in [0.2, 0.25) is 10.0 Å². The highest BCUT2D eigenvalue weighted by molar-refractivity contribution is 7.89. The van der Waals surface area contributed by atoms with Gasteiger partial charge in [-0.15, -0.1) is 0 Å². The molecule has 1 aromatic carbocycles. The molecule has 19 heavy (non-hydrogen) atoms. The summed E-state index contributed by atoms with van der Waals surface area (Å²) >= 11 is 0. The molecule has 1 rings (SSSR count). The molecule has 3 N–H and O–H groups in total. The molecule has 7 heteroatoms. The number of nitrogens with one attached hydrogen (secondary N) is 1. The smallest absolute Gasteiger partial charge is 0.243 e. The van der Waals surface area contributed by atoms with Gasteiger partial charge < -0.3 is 10.6 Å². The Morgan fingerprint density at radius 1 is 1.42 bits per heavy atom. The van der Waals surface area contributed by atoms with Gasteiger partial charge >= 0.3 is 0 Å². The quantitative estimate of drug-likeness (QED) is 0.765. The molecule has 0 unspecified atom stereocenters. The van der Waals surface area contributed by atoms with Crippen LogP contribution in [0.2, 0.25) is 0 Å². The van der Waals surface area contributed by atoms with Gasteiger partial charge in [-0.25, -0.2) is 17.5 Å². The van der Waals surface area contributed by atoms with Crippen LogP contribution in [-0.2, 0) is 10.0 Å². The van der Waals surface area contributed by atoms with Crippen molar-refractivity contribution in [3.63, 3.8) is 0 Å². The van der Waals surface area contributed by atoms with Gasteiger partial charge in [-0.05, 0) is 38.2 Å². The van der Waals surface area contributed by atoms with Crippen molar-refractivity contribution >= 4 is 15.7 Å². The Balaban J connectivity index is 2.89. The predicted octanol–water partition coefficient (Wildman–Crippen LogP) is 0.946. The van der Waals surface area contributed by atoms with Crippen LogP contribution in [0.25, 0.3) is 0 Å². The van der Waals surface area contributed by atoms with E-state index in [9.17, 15) is 12.8 Å². The van der Waals surface area contributed by atoms with Crippen molar-refractivity contribution in [1.82, 2.24) is 9.62 Å². The van der Waals surface area contributed by atoms with E-state index in [1.807, 2.05) is 18.9 Å². The average Bonchev–Trinajstić information content (AvgIpc) is 2.33. The van der Waals surface area contributed by atoms with Gasteiger partial charge in [0, 0.05) is 18.8 Å². The van der Waals surface area contributed by atoms with Crippen molar-refractivity contribution in [3.05, 3.63) is 23.5 Å². The summed E-state index contributed by atoms with van der Waals surface area (Å²) in [5, 5.41) is 0. The maximum absolute atomic E-state index is 13.8. The van der Waals surface area contributed by atoms with Crippen LogP contribution in [0.5, 0.6) is 0 Å². The first-order chi connectivity index (χ1) is 8.77. The second-order valence-electron chi connectivity index (χ2n) is 4.44. The average molecular weight is 289 g/mol. The number of likely N-dealkylation sites (N-methyl/N-ethyl adjacent to an activating group) is 1. The van der Waals surface area contributed by atoms with Crippen LogP contribution >= 0.6 is 0 Å². The lowest BCUT2D eigenvalue weighted by Crippen LogP contribution is -2.33. The first kappa shape index (κ1) is 15.9. The van der Waals surface area contributed by atoms with Crippen molar-refractivity contribution in [3.8, 4) is 0 Å². The molecular formula is C12H20FN3O2S. The zero-order chi connectivity index (χ0) is 14.6. The van der Waals surface area contributed by atoms with Crippen LogP contribution in [-0.4, -0.2) is 40.0 Å². The second-order valence-corrected chi connectivity index (χ2v) is 6.18. The van der Waals surface area contributed by atoms with Gasteiger partial charge in [0.05, 0.1) is 0 Å². The number of sulfonamides is 1.